The van der Waals surface area contributed by atoms with Crippen LogP contribution in [0.3, 0.4) is 0 Å². The average molecular weight is 460 g/mol. The minimum atomic E-state index is -0.124. The van der Waals surface area contributed by atoms with Gasteiger partial charge < -0.3 is 10.6 Å². The molecule has 30 heavy (non-hydrogen) atoms. The smallest absolute Gasteiger partial charge is 0.234 e. The Kier molecular flexibility index (Phi) is 7.90. The third kappa shape index (κ3) is 6.58. The van der Waals surface area contributed by atoms with Crippen molar-refractivity contribution in [3.63, 3.8) is 0 Å². The maximum absolute atomic E-state index is 12.1. The number of thiazole rings is 1. The first kappa shape index (κ1) is 22.3. The molecular formula is C22H22ClN3O2S2. The predicted molar refractivity (Wildman–Crippen MR) is 126 cm³/mol. The van der Waals surface area contributed by atoms with Gasteiger partial charge >= 0.3 is 0 Å². The lowest BCUT2D eigenvalue weighted by Crippen LogP contribution is -2.25. The van der Waals surface area contributed by atoms with Crippen molar-refractivity contribution in [1.82, 2.24) is 10.3 Å². The summed E-state index contributed by atoms with van der Waals surface area (Å²) in [5, 5.41) is 7.23. The van der Waals surface area contributed by atoms with Gasteiger partial charge in [0, 0.05) is 21.2 Å². The molecule has 0 aliphatic heterocycles. The molecule has 0 atom stereocenters. The van der Waals surface area contributed by atoms with Crippen molar-refractivity contribution in [2.75, 3.05) is 16.8 Å². The summed E-state index contributed by atoms with van der Waals surface area (Å²) in [6.07, 6.45) is 0. The highest BCUT2D eigenvalue weighted by Gasteiger charge is 2.11. The van der Waals surface area contributed by atoms with Crippen LogP contribution >= 0.6 is 34.7 Å². The number of halogens is 1. The second-order valence-corrected chi connectivity index (χ2v) is 9.42. The molecule has 0 radical (unpaired) electrons. The first-order chi connectivity index (χ1) is 14.4. The lowest BCUT2D eigenvalue weighted by atomic mass is 10.1. The van der Waals surface area contributed by atoms with E-state index in [1.54, 1.807) is 11.3 Å². The molecule has 8 heteroatoms. The normalized spacial score (nSPS) is 10.6. The number of amides is 2. The predicted octanol–water partition coefficient (Wildman–Crippen LogP) is 5.07. The van der Waals surface area contributed by atoms with Crippen molar-refractivity contribution >= 4 is 52.2 Å². The van der Waals surface area contributed by atoms with Crippen LogP contribution < -0.4 is 10.6 Å². The minimum absolute atomic E-state index is 0.121. The zero-order valence-electron chi connectivity index (χ0n) is 16.7. The zero-order valence-corrected chi connectivity index (χ0v) is 19.1. The molecule has 3 aromatic rings. The maximum atomic E-state index is 12.1. The second-order valence-electron chi connectivity index (χ2n) is 6.71. The summed E-state index contributed by atoms with van der Waals surface area (Å²) in [6.45, 7) is 4.35. The summed E-state index contributed by atoms with van der Waals surface area (Å²) < 4.78 is 0. The van der Waals surface area contributed by atoms with E-state index in [0.717, 1.165) is 32.4 Å². The number of aryl methyl sites for hydroxylation is 2. The van der Waals surface area contributed by atoms with Gasteiger partial charge in [-0.2, -0.15) is 0 Å². The number of rotatable bonds is 8. The van der Waals surface area contributed by atoms with Crippen molar-refractivity contribution in [3.05, 3.63) is 69.0 Å². The van der Waals surface area contributed by atoms with Crippen LogP contribution in [0.4, 0.5) is 5.69 Å². The molecule has 0 saturated heterocycles. The van der Waals surface area contributed by atoms with Gasteiger partial charge in [0.15, 0.2) is 0 Å². The fourth-order valence-corrected chi connectivity index (χ4v) is 4.45. The van der Waals surface area contributed by atoms with Crippen molar-refractivity contribution < 1.29 is 9.59 Å². The lowest BCUT2D eigenvalue weighted by Gasteiger charge is -2.06. The molecule has 156 valence electrons. The summed E-state index contributed by atoms with van der Waals surface area (Å²) in [7, 11) is 0. The number of hydrogen-bond acceptors (Lipinski definition) is 5. The van der Waals surface area contributed by atoms with Gasteiger partial charge in [-0.05, 0) is 43.7 Å². The van der Waals surface area contributed by atoms with Crippen molar-refractivity contribution in [1.29, 1.82) is 0 Å². The molecule has 5 nitrogen and oxygen atoms in total. The van der Waals surface area contributed by atoms with Crippen LogP contribution in [-0.4, -0.2) is 28.3 Å². The van der Waals surface area contributed by atoms with Gasteiger partial charge in [-0.3, -0.25) is 9.59 Å². The SMILES string of the molecule is Cc1cccc(NC(=O)CSCC(=O)NCc2nc(-c3ccc(Cl)cc3)c(C)s2)c1. The van der Waals surface area contributed by atoms with Gasteiger partial charge in [-0.25, -0.2) is 4.98 Å². The number of thioether (sulfide) groups is 1. The highest BCUT2D eigenvalue weighted by Crippen LogP contribution is 2.28. The lowest BCUT2D eigenvalue weighted by molar-refractivity contribution is -0.118. The molecule has 0 aliphatic rings. The standard InChI is InChI=1S/C22H22ClN3O2S2/c1-14-4-3-5-18(10-14)25-20(28)13-29-12-19(27)24-11-21-26-22(15(2)30-21)16-6-8-17(23)9-7-16/h3-10H,11-13H2,1-2H3,(H,24,27)(H,25,28). The highest BCUT2D eigenvalue weighted by atomic mass is 35.5. The molecule has 0 spiro atoms. The van der Waals surface area contributed by atoms with Crippen LogP contribution in [0.5, 0.6) is 0 Å². The first-order valence-electron chi connectivity index (χ1n) is 9.34. The van der Waals surface area contributed by atoms with E-state index < -0.39 is 0 Å². The Labute approximate surface area is 189 Å². The van der Waals surface area contributed by atoms with Gasteiger partial charge in [0.25, 0.3) is 0 Å². The Morgan fingerprint density at radius 3 is 2.53 bits per heavy atom. The van der Waals surface area contributed by atoms with E-state index in [9.17, 15) is 9.59 Å². The third-order valence-electron chi connectivity index (χ3n) is 4.16. The fraction of sp³-hybridized carbons (Fsp3) is 0.227. The Hall–Kier alpha value is -2.35. The van der Waals surface area contributed by atoms with Crippen molar-refractivity contribution in [2.24, 2.45) is 0 Å². The molecule has 2 amide bonds. The van der Waals surface area contributed by atoms with Gasteiger partial charge in [0.1, 0.15) is 5.01 Å². The largest absolute Gasteiger partial charge is 0.349 e. The van der Waals surface area contributed by atoms with Crippen molar-refractivity contribution in [3.8, 4) is 11.3 Å². The van der Waals surface area contributed by atoms with Crippen LogP contribution in [0.25, 0.3) is 11.3 Å². The Bertz CT molecular complexity index is 1040. The number of anilines is 1. The summed E-state index contributed by atoms with van der Waals surface area (Å²) in [6, 6.07) is 15.2. The monoisotopic (exact) mass is 459 g/mol. The molecule has 0 fully saturated rings. The fourth-order valence-electron chi connectivity index (χ4n) is 2.78. The molecule has 0 aliphatic carbocycles. The van der Waals surface area contributed by atoms with Crippen molar-refractivity contribution in [2.45, 2.75) is 20.4 Å². The van der Waals surface area contributed by atoms with E-state index in [2.05, 4.69) is 15.6 Å². The number of aromatic nitrogens is 1. The van der Waals surface area contributed by atoms with Gasteiger partial charge in [0.05, 0.1) is 23.7 Å². The highest BCUT2D eigenvalue weighted by molar-refractivity contribution is 8.00. The number of benzene rings is 2. The van der Waals surface area contributed by atoms with E-state index in [0.29, 0.717) is 11.6 Å². The molecule has 3 rings (SSSR count). The summed E-state index contributed by atoms with van der Waals surface area (Å²) >= 11 is 8.78. The van der Waals surface area contributed by atoms with E-state index in [-0.39, 0.29) is 23.3 Å². The molecular weight excluding hydrogens is 438 g/mol. The number of hydrogen-bond donors (Lipinski definition) is 2. The van der Waals surface area contributed by atoms with Crippen LogP contribution in [0, 0.1) is 13.8 Å². The van der Waals surface area contributed by atoms with Crippen LogP contribution in [0.1, 0.15) is 15.4 Å². The number of nitrogens with zero attached hydrogens (tertiary/aromatic N) is 1. The zero-order chi connectivity index (χ0) is 21.5. The Balaban J connectivity index is 1.42. The molecule has 0 saturated carbocycles. The van der Waals surface area contributed by atoms with E-state index in [1.165, 1.54) is 11.8 Å². The van der Waals surface area contributed by atoms with E-state index in [1.807, 2.05) is 62.4 Å². The molecule has 1 heterocycles. The van der Waals surface area contributed by atoms with Crippen LogP contribution in [0.15, 0.2) is 48.5 Å². The van der Waals surface area contributed by atoms with Crippen LogP contribution in [-0.2, 0) is 16.1 Å². The first-order valence-corrected chi connectivity index (χ1v) is 11.7. The number of nitrogens with one attached hydrogen (secondary N) is 2. The van der Waals surface area contributed by atoms with Gasteiger partial charge in [-0.1, -0.05) is 35.9 Å². The van der Waals surface area contributed by atoms with Gasteiger partial charge in [-0.15, -0.1) is 23.1 Å². The summed E-state index contributed by atoms with van der Waals surface area (Å²) in [4.78, 5) is 29.8. The average Bonchev–Trinajstić information content (AvgIpc) is 3.07. The van der Waals surface area contributed by atoms with E-state index >= 15 is 0 Å². The number of carbonyl (C=O) groups excluding carboxylic acids is 2. The third-order valence-corrected chi connectivity index (χ3v) is 6.32. The topological polar surface area (TPSA) is 71.1 Å². The quantitative estimate of drug-likeness (QED) is 0.493. The Morgan fingerprint density at radius 2 is 1.80 bits per heavy atom. The maximum Gasteiger partial charge on any atom is 0.234 e. The molecule has 0 unspecified atom stereocenters. The Morgan fingerprint density at radius 1 is 1.07 bits per heavy atom. The van der Waals surface area contributed by atoms with E-state index in [4.69, 9.17) is 11.6 Å². The molecule has 0 bridgehead atoms. The minimum Gasteiger partial charge on any atom is -0.349 e. The number of carbonyl (C=O) groups is 2. The molecule has 2 N–H and O–H groups in total. The summed E-state index contributed by atoms with van der Waals surface area (Å²) in [5.74, 6) is 0.194. The molecule has 1 aromatic heterocycles. The summed E-state index contributed by atoms with van der Waals surface area (Å²) in [5.41, 5.74) is 3.75. The van der Waals surface area contributed by atoms with Gasteiger partial charge in [0.2, 0.25) is 11.8 Å². The molecule has 2 aromatic carbocycles. The van der Waals surface area contributed by atoms with Crippen LogP contribution in [0.2, 0.25) is 5.02 Å². The second kappa shape index (κ2) is 10.6.